The Bertz CT molecular complexity index is 959. The molecule has 2 aromatic rings. The van der Waals surface area contributed by atoms with Crippen LogP contribution in [0.15, 0.2) is 18.3 Å². The Labute approximate surface area is 175 Å². The van der Waals surface area contributed by atoms with E-state index in [9.17, 15) is 9.59 Å². The average Bonchev–Trinajstić information content (AvgIpc) is 3.62. The number of thiophene rings is 1. The van der Waals surface area contributed by atoms with E-state index < -0.39 is 0 Å². The van der Waals surface area contributed by atoms with Gasteiger partial charge < -0.3 is 11.1 Å². The second-order valence-electron chi connectivity index (χ2n) is 8.79. The first kappa shape index (κ1) is 18.8. The molecule has 0 saturated heterocycles. The molecular weight excluding hydrogens is 382 g/mol. The summed E-state index contributed by atoms with van der Waals surface area (Å²) in [4.78, 5) is 32.2. The summed E-state index contributed by atoms with van der Waals surface area (Å²) < 4.78 is 0. The van der Waals surface area contributed by atoms with E-state index in [1.54, 1.807) is 17.5 Å². The number of nitrogens with zero attached hydrogens (tertiary/aromatic N) is 1. The molecule has 0 aromatic carbocycles. The summed E-state index contributed by atoms with van der Waals surface area (Å²) in [6, 6.07) is 3.98. The van der Waals surface area contributed by atoms with Crippen LogP contribution in [-0.2, 0) is 24.1 Å². The van der Waals surface area contributed by atoms with Crippen LogP contribution in [-0.4, -0.2) is 23.2 Å². The second-order valence-corrected chi connectivity index (χ2v) is 9.98. The predicted molar refractivity (Wildman–Crippen MR) is 114 cm³/mol. The third kappa shape index (κ3) is 3.95. The van der Waals surface area contributed by atoms with Gasteiger partial charge in [0.15, 0.2) is 0 Å². The largest absolute Gasteiger partial charge is 0.383 e. The predicted octanol–water partition coefficient (Wildman–Crippen LogP) is 3.66. The minimum Gasteiger partial charge on any atom is -0.383 e. The Balaban J connectivity index is 1.45. The number of carbonyl (C=O) groups excluding carboxylic acids is 2. The topological polar surface area (TPSA) is 85.1 Å². The van der Waals surface area contributed by atoms with Gasteiger partial charge in [0.1, 0.15) is 11.6 Å². The summed E-state index contributed by atoms with van der Waals surface area (Å²) >= 11 is 1.69. The Kier molecular flexibility index (Phi) is 4.90. The van der Waals surface area contributed by atoms with Crippen molar-refractivity contribution in [3.8, 4) is 0 Å². The molecule has 2 saturated carbocycles. The van der Waals surface area contributed by atoms with Gasteiger partial charge in [-0.1, -0.05) is 6.07 Å². The van der Waals surface area contributed by atoms with Crippen molar-refractivity contribution in [3.63, 3.8) is 0 Å². The van der Waals surface area contributed by atoms with Crippen LogP contribution in [0, 0.1) is 11.8 Å². The Hall–Kier alpha value is -2.21. The molecule has 5 rings (SSSR count). The van der Waals surface area contributed by atoms with Crippen molar-refractivity contribution in [2.75, 3.05) is 12.3 Å². The molecule has 0 bridgehead atoms. The van der Waals surface area contributed by atoms with E-state index in [2.05, 4.69) is 16.4 Å². The number of Topliss-reactive ketones (excluding diaryl/α,β-unsaturated/α-hetero) is 1. The highest BCUT2D eigenvalue weighted by Crippen LogP contribution is 2.42. The standard InChI is InChI=1S/C23H27N3O2S/c24-22-16(2-1-9-25-22)15-7-8-19-17(10-15)21(23(28)26-12-13-3-4-13)20(29-19)11-18(27)14-5-6-14/h1-2,9,13-15H,3-8,10-12H2,(H2,24,25)(H,26,28). The van der Waals surface area contributed by atoms with Crippen molar-refractivity contribution in [1.29, 1.82) is 0 Å². The van der Waals surface area contributed by atoms with E-state index >= 15 is 0 Å². The van der Waals surface area contributed by atoms with Crippen molar-refractivity contribution in [1.82, 2.24) is 10.3 Å². The molecule has 2 fully saturated rings. The molecule has 5 nitrogen and oxygen atoms in total. The van der Waals surface area contributed by atoms with Crippen molar-refractivity contribution >= 4 is 28.8 Å². The monoisotopic (exact) mass is 409 g/mol. The summed E-state index contributed by atoms with van der Waals surface area (Å²) in [6.45, 7) is 0.748. The number of fused-ring (bicyclic) bond motifs is 1. The molecule has 3 aliphatic rings. The number of nitrogens with two attached hydrogens (primary N) is 1. The lowest BCUT2D eigenvalue weighted by Crippen LogP contribution is -2.28. The number of pyridine rings is 1. The van der Waals surface area contributed by atoms with Crippen LogP contribution in [0.5, 0.6) is 0 Å². The number of carbonyl (C=O) groups is 2. The van der Waals surface area contributed by atoms with Crippen molar-refractivity contribution in [2.24, 2.45) is 11.8 Å². The van der Waals surface area contributed by atoms with Crippen LogP contribution >= 0.6 is 11.3 Å². The molecule has 0 aliphatic heterocycles. The van der Waals surface area contributed by atoms with E-state index in [1.165, 1.54) is 17.7 Å². The number of hydrogen-bond donors (Lipinski definition) is 2. The van der Waals surface area contributed by atoms with E-state index in [0.29, 0.717) is 23.9 Å². The zero-order valence-corrected chi connectivity index (χ0v) is 17.4. The van der Waals surface area contributed by atoms with Gasteiger partial charge in [-0.05, 0) is 74.0 Å². The number of aryl methyl sites for hydroxylation is 1. The minimum atomic E-state index is 0.00723. The van der Waals surface area contributed by atoms with Crippen LogP contribution in [0.1, 0.15) is 69.3 Å². The lowest BCUT2D eigenvalue weighted by Gasteiger charge is -2.24. The lowest BCUT2D eigenvalue weighted by molar-refractivity contribution is -0.119. The number of rotatable bonds is 7. The van der Waals surface area contributed by atoms with Crippen LogP contribution < -0.4 is 11.1 Å². The van der Waals surface area contributed by atoms with E-state index in [1.807, 2.05) is 6.07 Å². The lowest BCUT2D eigenvalue weighted by atomic mass is 9.81. The fourth-order valence-electron chi connectivity index (χ4n) is 4.42. The summed E-state index contributed by atoms with van der Waals surface area (Å²) in [5.41, 5.74) is 9.13. The number of amides is 1. The minimum absolute atomic E-state index is 0.00723. The fraction of sp³-hybridized carbons (Fsp3) is 0.522. The number of anilines is 1. The Morgan fingerprint density at radius 1 is 1.21 bits per heavy atom. The maximum absolute atomic E-state index is 13.2. The van der Waals surface area contributed by atoms with Crippen LogP contribution in [0.3, 0.4) is 0 Å². The van der Waals surface area contributed by atoms with Crippen LogP contribution in [0.4, 0.5) is 5.82 Å². The smallest absolute Gasteiger partial charge is 0.252 e. The van der Waals surface area contributed by atoms with Crippen molar-refractivity contribution in [3.05, 3.63) is 44.8 Å². The van der Waals surface area contributed by atoms with Gasteiger partial charge in [0.05, 0.1) is 5.56 Å². The molecule has 0 spiro atoms. The molecule has 0 radical (unpaired) electrons. The van der Waals surface area contributed by atoms with E-state index in [0.717, 1.165) is 60.2 Å². The average molecular weight is 410 g/mol. The number of nitrogens with one attached hydrogen (secondary N) is 1. The van der Waals surface area contributed by atoms with Crippen molar-refractivity contribution < 1.29 is 9.59 Å². The summed E-state index contributed by atoms with van der Waals surface area (Å²) in [5, 5.41) is 3.14. The normalized spacial score (nSPS) is 20.9. The molecule has 3 N–H and O–H groups in total. The summed E-state index contributed by atoms with van der Waals surface area (Å²) in [6.07, 6.45) is 9.29. The Morgan fingerprint density at radius 3 is 2.76 bits per heavy atom. The second kappa shape index (κ2) is 7.56. The van der Waals surface area contributed by atoms with Crippen LogP contribution in [0.25, 0.3) is 0 Å². The summed E-state index contributed by atoms with van der Waals surface area (Å²) in [5.74, 6) is 2.01. The third-order valence-electron chi connectivity index (χ3n) is 6.49. The maximum atomic E-state index is 13.2. The molecule has 6 heteroatoms. The zero-order valence-electron chi connectivity index (χ0n) is 16.6. The van der Waals surface area contributed by atoms with Gasteiger partial charge >= 0.3 is 0 Å². The molecule has 2 aromatic heterocycles. The van der Waals surface area contributed by atoms with Crippen molar-refractivity contribution in [2.45, 2.75) is 57.3 Å². The van der Waals surface area contributed by atoms with Crippen LogP contribution in [0.2, 0.25) is 0 Å². The maximum Gasteiger partial charge on any atom is 0.252 e. The first-order valence-corrected chi connectivity index (χ1v) is 11.6. The Morgan fingerprint density at radius 2 is 2.03 bits per heavy atom. The molecule has 152 valence electrons. The molecule has 1 unspecified atom stereocenters. The fourth-order valence-corrected chi connectivity index (χ4v) is 5.78. The molecule has 3 aliphatic carbocycles. The number of nitrogen functional groups attached to an aromatic ring is 1. The SMILES string of the molecule is Nc1ncccc1C1CCc2sc(CC(=O)C3CC3)c(C(=O)NCC3CC3)c2C1. The van der Waals surface area contributed by atoms with Gasteiger partial charge in [-0.25, -0.2) is 4.98 Å². The molecule has 1 atom stereocenters. The van der Waals surface area contributed by atoms with Gasteiger partial charge in [-0.15, -0.1) is 11.3 Å². The van der Waals surface area contributed by atoms with E-state index in [-0.39, 0.29) is 17.7 Å². The van der Waals surface area contributed by atoms with Gasteiger partial charge in [-0.2, -0.15) is 0 Å². The number of hydrogen-bond acceptors (Lipinski definition) is 5. The number of aromatic nitrogens is 1. The van der Waals surface area contributed by atoms with Gasteiger partial charge in [0.25, 0.3) is 5.91 Å². The zero-order chi connectivity index (χ0) is 20.0. The number of ketones is 1. The van der Waals surface area contributed by atoms with Gasteiger partial charge in [0.2, 0.25) is 0 Å². The third-order valence-corrected chi connectivity index (χ3v) is 7.78. The van der Waals surface area contributed by atoms with Gasteiger partial charge in [0, 0.05) is 34.8 Å². The molecule has 2 heterocycles. The first-order valence-electron chi connectivity index (χ1n) is 10.7. The van der Waals surface area contributed by atoms with Gasteiger partial charge in [-0.3, -0.25) is 9.59 Å². The highest BCUT2D eigenvalue weighted by molar-refractivity contribution is 7.12. The molecule has 1 amide bonds. The quantitative estimate of drug-likeness (QED) is 0.731. The highest BCUT2D eigenvalue weighted by atomic mass is 32.1. The molecular formula is C23H27N3O2S. The molecule has 29 heavy (non-hydrogen) atoms. The highest BCUT2D eigenvalue weighted by Gasteiger charge is 2.34. The first-order chi connectivity index (χ1) is 14.1. The summed E-state index contributed by atoms with van der Waals surface area (Å²) in [7, 11) is 0. The van der Waals surface area contributed by atoms with E-state index in [4.69, 9.17) is 5.73 Å².